The zero-order valence-corrected chi connectivity index (χ0v) is 12.9. The Balaban J connectivity index is 1.99. The highest BCUT2D eigenvalue weighted by Gasteiger charge is 2.49. The number of nitrogens with zero attached hydrogens (tertiary/aromatic N) is 2. The van der Waals surface area contributed by atoms with Crippen LogP contribution in [-0.2, 0) is 5.72 Å². The van der Waals surface area contributed by atoms with Crippen molar-refractivity contribution < 1.29 is 5.11 Å². The van der Waals surface area contributed by atoms with Crippen molar-refractivity contribution in [1.82, 2.24) is 4.90 Å². The minimum Gasteiger partial charge on any atom is -0.363 e. The van der Waals surface area contributed by atoms with Gasteiger partial charge in [-0.3, -0.25) is 4.99 Å². The molecule has 0 radical (unpaired) electrons. The lowest BCUT2D eigenvalue weighted by Crippen LogP contribution is -2.43. The highest BCUT2D eigenvalue weighted by Crippen LogP contribution is 2.43. The first-order valence-corrected chi connectivity index (χ1v) is 7.69. The molecule has 100 valence electrons. The molecule has 0 fully saturated rings. The second kappa shape index (κ2) is 4.30. The summed E-state index contributed by atoms with van der Waals surface area (Å²) >= 11 is 2.28. The Morgan fingerprint density at radius 1 is 1.15 bits per heavy atom. The number of benzene rings is 2. The van der Waals surface area contributed by atoms with Crippen LogP contribution in [-0.4, -0.2) is 28.9 Å². The molecule has 4 heteroatoms. The molecule has 0 spiro atoms. The standard InChI is InChI=1S/C16H13IN2O/c17-12-5-3-4-11(10-12)16(20)14-7-2-1-6-13(14)15-18-8-9-19(15)16/h1-7,10,20H,8-9H2/t16-/m0/s1. The third-order valence-corrected chi connectivity index (χ3v) is 4.67. The van der Waals surface area contributed by atoms with Crippen LogP contribution in [0.15, 0.2) is 53.5 Å². The number of hydrogen-bond acceptors (Lipinski definition) is 3. The van der Waals surface area contributed by atoms with Crippen molar-refractivity contribution in [3.05, 3.63) is 68.8 Å². The molecule has 2 aliphatic rings. The van der Waals surface area contributed by atoms with Gasteiger partial charge in [0.25, 0.3) is 0 Å². The zero-order chi connectivity index (χ0) is 13.7. The predicted octanol–water partition coefficient (Wildman–Crippen LogP) is 2.56. The third-order valence-electron chi connectivity index (χ3n) is 4.00. The van der Waals surface area contributed by atoms with E-state index < -0.39 is 5.72 Å². The van der Waals surface area contributed by atoms with Gasteiger partial charge in [0.15, 0.2) is 5.72 Å². The van der Waals surface area contributed by atoms with Gasteiger partial charge in [-0.25, -0.2) is 0 Å². The minimum absolute atomic E-state index is 0.746. The summed E-state index contributed by atoms with van der Waals surface area (Å²) in [6.45, 7) is 1.50. The normalized spacial score (nSPS) is 23.5. The van der Waals surface area contributed by atoms with E-state index in [1.54, 1.807) is 0 Å². The Kier molecular flexibility index (Phi) is 2.65. The van der Waals surface area contributed by atoms with Crippen molar-refractivity contribution in [2.45, 2.75) is 5.72 Å². The molecule has 0 saturated carbocycles. The van der Waals surface area contributed by atoms with E-state index in [9.17, 15) is 5.11 Å². The lowest BCUT2D eigenvalue weighted by Gasteiger charge is -2.34. The number of halogens is 1. The van der Waals surface area contributed by atoms with Gasteiger partial charge in [-0.1, -0.05) is 36.4 Å². The number of fused-ring (bicyclic) bond motifs is 3. The van der Waals surface area contributed by atoms with Crippen molar-refractivity contribution in [2.24, 2.45) is 4.99 Å². The van der Waals surface area contributed by atoms with E-state index in [4.69, 9.17) is 0 Å². The van der Waals surface area contributed by atoms with Crippen LogP contribution in [0, 0.1) is 3.57 Å². The molecular weight excluding hydrogens is 363 g/mol. The Labute approximate surface area is 131 Å². The second-order valence-corrected chi connectivity index (χ2v) is 6.33. The van der Waals surface area contributed by atoms with Crippen molar-refractivity contribution in [3.63, 3.8) is 0 Å². The van der Waals surface area contributed by atoms with Crippen LogP contribution in [0.2, 0.25) is 0 Å². The molecule has 2 aromatic rings. The minimum atomic E-state index is -1.09. The molecule has 0 aliphatic carbocycles. The Hall–Kier alpha value is -1.40. The van der Waals surface area contributed by atoms with Gasteiger partial charge in [-0.15, -0.1) is 0 Å². The summed E-state index contributed by atoms with van der Waals surface area (Å²) in [6, 6.07) is 16.1. The monoisotopic (exact) mass is 376 g/mol. The molecule has 1 atom stereocenters. The second-order valence-electron chi connectivity index (χ2n) is 5.09. The molecule has 2 heterocycles. The summed E-state index contributed by atoms with van der Waals surface area (Å²) in [4.78, 5) is 6.58. The molecule has 3 nitrogen and oxygen atoms in total. The van der Waals surface area contributed by atoms with Crippen molar-refractivity contribution in [1.29, 1.82) is 0 Å². The first kappa shape index (κ1) is 12.3. The van der Waals surface area contributed by atoms with Crippen LogP contribution in [0.4, 0.5) is 0 Å². The number of aliphatic imine (C=N–C) groups is 1. The molecule has 2 aromatic carbocycles. The topological polar surface area (TPSA) is 35.8 Å². The van der Waals surface area contributed by atoms with E-state index in [1.807, 2.05) is 53.4 Å². The van der Waals surface area contributed by atoms with Gasteiger partial charge in [0.2, 0.25) is 0 Å². The van der Waals surface area contributed by atoms with E-state index in [2.05, 4.69) is 27.6 Å². The average molecular weight is 376 g/mol. The summed E-state index contributed by atoms with van der Waals surface area (Å²) in [5.74, 6) is 0.918. The lowest BCUT2D eigenvalue weighted by molar-refractivity contribution is -0.0242. The van der Waals surface area contributed by atoms with E-state index in [0.29, 0.717) is 0 Å². The van der Waals surface area contributed by atoms with Gasteiger partial charge < -0.3 is 10.0 Å². The smallest absolute Gasteiger partial charge is 0.193 e. The molecule has 20 heavy (non-hydrogen) atoms. The van der Waals surface area contributed by atoms with Crippen LogP contribution < -0.4 is 0 Å². The Morgan fingerprint density at radius 3 is 2.85 bits per heavy atom. The molecule has 0 saturated heterocycles. The summed E-state index contributed by atoms with van der Waals surface area (Å²) in [5, 5.41) is 11.5. The maximum Gasteiger partial charge on any atom is 0.193 e. The van der Waals surface area contributed by atoms with Crippen LogP contribution in [0.1, 0.15) is 16.7 Å². The summed E-state index contributed by atoms with van der Waals surface area (Å²) in [5.41, 5.74) is 1.79. The van der Waals surface area contributed by atoms with E-state index in [1.165, 1.54) is 0 Å². The molecule has 2 aliphatic heterocycles. The lowest BCUT2D eigenvalue weighted by atomic mass is 9.94. The Bertz CT molecular complexity index is 728. The van der Waals surface area contributed by atoms with Crippen molar-refractivity contribution in [2.75, 3.05) is 13.1 Å². The van der Waals surface area contributed by atoms with Gasteiger partial charge in [0.05, 0.1) is 6.54 Å². The third kappa shape index (κ3) is 1.52. The molecular formula is C16H13IN2O. The maximum absolute atomic E-state index is 11.5. The molecule has 0 bridgehead atoms. The SMILES string of the molecule is O[C@@]1(c2cccc(I)c2)c2ccccc2C2=NCCN21. The fourth-order valence-electron chi connectivity index (χ4n) is 3.14. The zero-order valence-electron chi connectivity index (χ0n) is 10.8. The Morgan fingerprint density at radius 2 is 2.00 bits per heavy atom. The number of amidine groups is 1. The largest absolute Gasteiger partial charge is 0.363 e. The van der Waals surface area contributed by atoms with Gasteiger partial charge >= 0.3 is 0 Å². The molecule has 4 rings (SSSR count). The number of rotatable bonds is 1. The van der Waals surface area contributed by atoms with Gasteiger partial charge in [0.1, 0.15) is 5.84 Å². The summed E-state index contributed by atoms with van der Waals surface area (Å²) in [6.07, 6.45) is 0. The highest BCUT2D eigenvalue weighted by atomic mass is 127. The average Bonchev–Trinajstić information content (AvgIpc) is 3.03. The first-order chi connectivity index (χ1) is 9.71. The number of hydrogen-bond donors (Lipinski definition) is 1. The molecule has 0 unspecified atom stereocenters. The van der Waals surface area contributed by atoms with E-state index >= 15 is 0 Å². The van der Waals surface area contributed by atoms with Gasteiger partial charge in [-0.05, 0) is 34.7 Å². The summed E-state index contributed by atoms with van der Waals surface area (Å²) < 4.78 is 1.12. The van der Waals surface area contributed by atoms with Crippen LogP contribution in [0.25, 0.3) is 0 Å². The predicted molar refractivity (Wildman–Crippen MR) is 86.7 cm³/mol. The molecule has 0 aromatic heterocycles. The van der Waals surface area contributed by atoms with Crippen LogP contribution >= 0.6 is 22.6 Å². The summed E-state index contributed by atoms with van der Waals surface area (Å²) in [7, 11) is 0. The van der Waals surface area contributed by atoms with Crippen molar-refractivity contribution in [3.8, 4) is 0 Å². The van der Waals surface area contributed by atoms with E-state index in [-0.39, 0.29) is 0 Å². The van der Waals surface area contributed by atoms with Gasteiger partial charge in [0, 0.05) is 26.8 Å². The van der Waals surface area contributed by atoms with Crippen LogP contribution in [0.5, 0.6) is 0 Å². The fourth-order valence-corrected chi connectivity index (χ4v) is 3.68. The fraction of sp³-hybridized carbons (Fsp3) is 0.188. The molecule has 0 amide bonds. The quantitative estimate of drug-likeness (QED) is 0.777. The van der Waals surface area contributed by atoms with E-state index in [0.717, 1.165) is 39.2 Å². The van der Waals surface area contributed by atoms with Gasteiger partial charge in [-0.2, -0.15) is 0 Å². The highest BCUT2D eigenvalue weighted by molar-refractivity contribution is 14.1. The first-order valence-electron chi connectivity index (χ1n) is 6.61. The van der Waals surface area contributed by atoms with Crippen LogP contribution in [0.3, 0.4) is 0 Å². The molecule has 1 N–H and O–H groups in total. The number of aliphatic hydroxyl groups is 1. The van der Waals surface area contributed by atoms with Crippen molar-refractivity contribution >= 4 is 28.4 Å². The maximum atomic E-state index is 11.5.